The van der Waals surface area contributed by atoms with Gasteiger partial charge in [-0.15, -0.1) is 0 Å². The van der Waals surface area contributed by atoms with Gasteiger partial charge < -0.3 is 10.1 Å². The number of nitrogens with zero attached hydrogens (tertiary/aromatic N) is 1. The van der Waals surface area contributed by atoms with Crippen molar-refractivity contribution >= 4 is 5.69 Å². The average Bonchev–Trinajstić information content (AvgIpc) is 2.30. The molecule has 0 fully saturated rings. The zero-order valence-corrected chi connectivity index (χ0v) is 10.2. The maximum absolute atomic E-state index is 10.5. The van der Waals surface area contributed by atoms with E-state index in [4.69, 9.17) is 4.74 Å². The summed E-state index contributed by atoms with van der Waals surface area (Å²) in [6, 6.07) is 6.89. The number of benzene rings is 1. The number of nitro groups is 1. The quantitative estimate of drug-likeness (QED) is 0.580. The normalized spacial score (nSPS) is 12.4. The lowest BCUT2D eigenvalue weighted by atomic mass is 10.1. The molecule has 1 rings (SSSR count). The predicted molar refractivity (Wildman–Crippen MR) is 66.1 cm³/mol. The topological polar surface area (TPSA) is 64.4 Å². The van der Waals surface area contributed by atoms with Gasteiger partial charge >= 0.3 is 0 Å². The summed E-state index contributed by atoms with van der Waals surface area (Å²) in [4.78, 5) is 10.1. The summed E-state index contributed by atoms with van der Waals surface area (Å²) >= 11 is 0. The number of hydrogen-bond donors (Lipinski definition) is 1. The summed E-state index contributed by atoms with van der Waals surface area (Å²) < 4.78 is 5.12. The number of nitro benzene ring substituents is 1. The largest absolute Gasteiger partial charge is 0.383 e. The zero-order chi connectivity index (χ0) is 12.7. The van der Waals surface area contributed by atoms with E-state index in [2.05, 4.69) is 5.32 Å². The predicted octanol–water partition coefficient (Wildman–Crippen LogP) is 1.76. The van der Waals surface area contributed by atoms with Crippen molar-refractivity contribution in [3.8, 4) is 0 Å². The van der Waals surface area contributed by atoms with Crippen molar-refractivity contribution < 1.29 is 9.66 Å². The van der Waals surface area contributed by atoms with Crippen LogP contribution in [0.25, 0.3) is 0 Å². The van der Waals surface area contributed by atoms with Crippen LogP contribution >= 0.6 is 0 Å². The summed E-state index contributed by atoms with van der Waals surface area (Å²) in [6.07, 6.45) is 0.805. The minimum Gasteiger partial charge on any atom is -0.383 e. The summed E-state index contributed by atoms with van der Waals surface area (Å²) in [5.74, 6) is 0. The number of ether oxygens (including phenoxy) is 1. The molecule has 0 amide bonds. The van der Waals surface area contributed by atoms with Gasteiger partial charge in [0.2, 0.25) is 0 Å². The van der Waals surface area contributed by atoms with Gasteiger partial charge in [-0.05, 0) is 18.5 Å². The molecule has 94 valence electrons. The number of methoxy groups -OCH3 is 1. The Balaban J connectivity index is 2.62. The van der Waals surface area contributed by atoms with Gasteiger partial charge in [0.1, 0.15) is 0 Å². The molecule has 5 nitrogen and oxygen atoms in total. The fraction of sp³-hybridized carbons (Fsp3) is 0.500. The van der Waals surface area contributed by atoms with E-state index in [9.17, 15) is 10.1 Å². The van der Waals surface area contributed by atoms with Gasteiger partial charge in [-0.25, -0.2) is 0 Å². The van der Waals surface area contributed by atoms with Crippen LogP contribution in [0.2, 0.25) is 0 Å². The van der Waals surface area contributed by atoms with Gasteiger partial charge in [-0.3, -0.25) is 10.1 Å². The molecule has 1 atom stereocenters. The summed E-state index contributed by atoms with van der Waals surface area (Å²) in [5, 5.41) is 13.8. The summed E-state index contributed by atoms with van der Waals surface area (Å²) in [5.41, 5.74) is 1.19. The molecule has 0 saturated carbocycles. The van der Waals surface area contributed by atoms with Crippen molar-refractivity contribution in [2.45, 2.75) is 19.4 Å². The molecule has 5 heteroatoms. The second kappa shape index (κ2) is 6.98. The highest BCUT2D eigenvalue weighted by Gasteiger charge is 2.09. The van der Waals surface area contributed by atoms with Gasteiger partial charge in [0, 0.05) is 25.3 Å². The van der Waals surface area contributed by atoms with Crippen molar-refractivity contribution in [2.24, 2.45) is 0 Å². The van der Waals surface area contributed by atoms with E-state index < -0.39 is 0 Å². The Labute approximate surface area is 101 Å². The lowest BCUT2D eigenvalue weighted by Crippen LogP contribution is -2.34. The van der Waals surface area contributed by atoms with Crippen LogP contribution in [0, 0.1) is 10.1 Å². The van der Waals surface area contributed by atoms with Gasteiger partial charge in [0.15, 0.2) is 0 Å². The summed E-state index contributed by atoms with van der Waals surface area (Å²) in [6.45, 7) is 3.55. The first-order chi connectivity index (χ1) is 8.17. The highest BCUT2D eigenvalue weighted by Crippen LogP contribution is 2.13. The Kier molecular flexibility index (Phi) is 5.59. The van der Waals surface area contributed by atoms with Crippen LogP contribution in [0.5, 0.6) is 0 Å². The Bertz CT molecular complexity index is 345. The molecule has 0 aliphatic rings. The lowest BCUT2D eigenvalue weighted by molar-refractivity contribution is -0.384. The molecule has 0 aromatic heterocycles. The van der Waals surface area contributed by atoms with Crippen molar-refractivity contribution in [1.82, 2.24) is 5.32 Å². The van der Waals surface area contributed by atoms with Crippen LogP contribution in [0.3, 0.4) is 0 Å². The maximum atomic E-state index is 10.5. The highest BCUT2D eigenvalue weighted by atomic mass is 16.6. The van der Waals surface area contributed by atoms with Crippen LogP contribution in [-0.4, -0.2) is 31.2 Å². The number of nitrogens with one attached hydrogen (secondary N) is 1. The third kappa shape index (κ3) is 4.50. The van der Waals surface area contributed by atoms with Crippen LogP contribution in [0.1, 0.15) is 12.5 Å². The molecule has 0 bridgehead atoms. The smallest absolute Gasteiger partial charge is 0.269 e. The van der Waals surface area contributed by atoms with E-state index >= 15 is 0 Å². The molecule has 0 spiro atoms. The van der Waals surface area contributed by atoms with Crippen LogP contribution in [0.15, 0.2) is 24.3 Å². The molecule has 17 heavy (non-hydrogen) atoms. The zero-order valence-electron chi connectivity index (χ0n) is 10.2. The first-order valence-electron chi connectivity index (χ1n) is 5.63. The van der Waals surface area contributed by atoms with Crippen molar-refractivity contribution in [1.29, 1.82) is 0 Å². The lowest BCUT2D eigenvalue weighted by Gasteiger charge is -2.16. The van der Waals surface area contributed by atoms with Crippen LogP contribution < -0.4 is 5.32 Å². The Morgan fingerprint density at radius 2 is 2.06 bits per heavy atom. The first-order valence-corrected chi connectivity index (χ1v) is 5.63. The van der Waals surface area contributed by atoms with E-state index in [1.165, 1.54) is 12.1 Å². The van der Waals surface area contributed by atoms with E-state index in [1.807, 2.05) is 6.92 Å². The number of likely N-dealkylation sites (N-methyl/N-ethyl adjacent to an activating group) is 1. The van der Waals surface area contributed by atoms with Crippen molar-refractivity contribution in [3.63, 3.8) is 0 Å². The molecule has 1 aromatic rings. The number of hydrogen-bond acceptors (Lipinski definition) is 4. The molecule has 0 aliphatic heterocycles. The van der Waals surface area contributed by atoms with Crippen molar-refractivity contribution in [2.75, 3.05) is 20.3 Å². The van der Waals surface area contributed by atoms with Gasteiger partial charge in [-0.1, -0.05) is 19.1 Å². The Morgan fingerprint density at radius 3 is 2.53 bits per heavy atom. The first kappa shape index (κ1) is 13.6. The van der Waals surface area contributed by atoms with Gasteiger partial charge in [0.05, 0.1) is 11.5 Å². The maximum Gasteiger partial charge on any atom is 0.269 e. The average molecular weight is 238 g/mol. The molecule has 1 aromatic carbocycles. The molecule has 0 aliphatic carbocycles. The molecule has 0 heterocycles. The minimum absolute atomic E-state index is 0.125. The van der Waals surface area contributed by atoms with Gasteiger partial charge in [0.25, 0.3) is 5.69 Å². The third-order valence-electron chi connectivity index (χ3n) is 2.49. The molecule has 0 saturated heterocycles. The van der Waals surface area contributed by atoms with Gasteiger partial charge in [-0.2, -0.15) is 0 Å². The highest BCUT2D eigenvalue weighted by molar-refractivity contribution is 5.33. The van der Waals surface area contributed by atoms with E-state index in [-0.39, 0.29) is 16.7 Å². The molecular weight excluding hydrogens is 220 g/mol. The SMILES string of the molecule is CCNC(COC)Cc1ccc([N+](=O)[O-])cc1. The second-order valence-electron chi connectivity index (χ2n) is 3.84. The van der Waals surface area contributed by atoms with E-state index in [0.29, 0.717) is 6.61 Å². The Hall–Kier alpha value is -1.46. The monoisotopic (exact) mass is 238 g/mol. The minimum atomic E-state index is -0.388. The molecule has 1 N–H and O–H groups in total. The van der Waals surface area contributed by atoms with Crippen LogP contribution in [-0.2, 0) is 11.2 Å². The molecule has 1 unspecified atom stereocenters. The molecular formula is C12H18N2O3. The van der Waals surface area contributed by atoms with Crippen LogP contribution in [0.4, 0.5) is 5.69 Å². The Morgan fingerprint density at radius 1 is 1.41 bits per heavy atom. The number of rotatable bonds is 7. The van der Waals surface area contributed by atoms with E-state index in [1.54, 1.807) is 19.2 Å². The summed E-state index contributed by atoms with van der Waals surface area (Å²) in [7, 11) is 1.67. The standard InChI is InChI=1S/C12H18N2O3/c1-3-13-11(9-17-2)8-10-4-6-12(7-5-10)14(15)16/h4-7,11,13H,3,8-9H2,1-2H3. The second-order valence-corrected chi connectivity index (χ2v) is 3.84. The molecule has 0 radical (unpaired) electrons. The third-order valence-corrected chi connectivity index (χ3v) is 2.49. The van der Waals surface area contributed by atoms with E-state index in [0.717, 1.165) is 18.5 Å². The number of non-ortho nitro benzene ring substituents is 1. The van der Waals surface area contributed by atoms with Crippen molar-refractivity contribution in [3.05, 3.63) is 39.9 Å². The fourth-order valence-electron chi connectivity index (χ4n) is 1.72. The fourth-order valence-corrected chi connectivity index (χ4v) is 1.72.